The quantitative estimate of drug-likeness (QED) is 0.860. The summed E-state index contributed by atoms with van der Waals surface area (Å²) < 4.78 is 1.83. The Bertz CT molecular complexity index is 467. The highest BCUT2D eigenvalue weighted by Gasteiger charge is 2.11. The summed E-state index contributed by atoms with van der Waals surface area (Å²) in [4.78, 5) is 22.5. The zero-order valence-electron chi connectivity index (χ0n) is 11.6. The molecule has 0 bridgehead atoms. The molecule has 0 saturated heterocycles. The van der Waals surface area contributed by atoms with E-state index in [4.69, 9.17) is 11.6 Å². The molecule has 1 amide bonds. The van der Waals surface area contributed by atoms with Gasteiger partial charge in [-0.1, -0.05) is 25.4 Å². The maximum Gasteiger partial charge on any atom is 0.217 e. The van der Waals surface area contributed by atoms with Crippen molar-refractivity contribution in [3.8, 4) is 0 Å². The van der Waals surface area contributed by atoms with E-state index in [1.165, 1.54) is 13.0 Å². The molecule has 0 aliphatic heterocycles. The normalized spacial score (nSPS) is 9.44. The first-order valence-corrected chi connectivity index (χ1v) is 6.48. The molecule has 0 aliphatic carbocycles. The third-order valence-corrected chi connectivity index (χ3v) is 2.81. The van der Waals surface area contributed by atoms with Crippen LogP contribution in [0.25, 0.3) is 0 Å². The highest BCUT2D eigenvalue weighted by molar-refractivity contribution is 6.30. The minimum Gasteiger partial charge on any atom is -0.352 e. The van der Waals surface area contributed by atoms with Crippen LogP contribution < -0.4 is 10.7 Å². The van der Waals surface area contributed by atoms with Gasteiger partial charge < -0.3 is 9.88 Å². The maximum atomic E-state index is 11.7. The fourth-order valence-corrected chi connectivity index (χ4v) is 1.95. The van der Waals surface area contributed by atoms with E-state index in [0.717, 1.165) is 5.69 Å². The average molecular weight is 273 g/mol. The molecule has 0 fully saturated rings. The molecule has 0 unspecified atom stereocenters. The first-order chi connectivity index (χ1) is 8.47. The van der Waals surface area contributed by atoms with Crippen molar-refractivity contribution < 1.29 is 4.79 Å². The van der Waals surface area contributed by atoms with Crippen LogP contribution in [0.1, 0.15) is 39.0 Å². The van der Waals surface area contributed by atoms with Gasteiger partial charge in [0.2, 0.25) is 5.91 Å². The molecule has 1 aromatic heterocycles. The number of nitrogens with zero attached hydrogens (tertiary/aromatic N) is 1. The Morgan fingerprint density at radius 2 is 2.00 bits per heavy atom. The fraction of sp³-hybridized carbons (Fsp3) is 0.538. The second-order valence-corrected chi connectivity index (χ2v) is 3.93. The molecule has 0 atom stereocenters. The molecule has 1 aromatic rings. The summed E-state index contributed by atoms with van der Waals surface area (Å²) in [6.07, 6.45) is 0. The summed E-state index contributed by atoms with van der Waals surface area (Å²) >= 11 is 6.11. The lowest BCUT2D eigenvalue weighted by Gasteiger charge is -2.14. The molecule has 0 aromatic carbocycles. The van der Waals surface area contributed by atoms with Crippen LogP contribution in [0, 0.1) is 6.92 Å². The van der Waals surface area contributed by atoms with Crippen molar-refractivity contribution in [3.63, 3.8) is 0 Å². The third-order valence-electron chi connectivity index (χ3n) is 2.38. The first kappa shape index (κ1) is 16.7. The number of hydrogen-bond donors (Lipinski definition) is 1. The number of aryl methyl sites for hydroxylation is 1. The number of aromatic nitrogens is 1. The third kappa shape index (κ3) is 4.18. The van der Waals surface area contributed by atoms with Gasteiger partial charge in [-0.15, -0.1) is 0 Å². The Morgan fingerprint density at radius 1 is 1.44 bits per heavy atom. The molecule has 102 valence electrons. The predicted octanol–water partition coefficient (Wildman–Crippen LogP) is 2.49. The lowest BCUT2D eigenvalue weighted by Crippen LogP contribution is -2.25. The predicted molar refractivity (Wildman–Crippen MR) is 75.0 cm³/mol. The van der Waals surface area contributed by atoms with E-state index in [-0.39, 0.29) is 17.9 Å². The Kier molecular flexibility index (Phi) is 7.36. The summed E-state index contributed by atoms with van der Waals surface area (Å²) in [5.41, 5.74) is 1.12. The molecule has 0 aliphatic rings. The van der Waals surface area contributed by atoms with Gasteiger partial charge in [0.25, 0.3) is 0 Å². The van der Waals surface area contributed by atoms with Gasteiger partial charge in [-0.05, 0) is 13.8 Å². The second-order valence-electron chi connectivity index (χ2n) is 3.57. The van der Waals surface area contributed by atoms with Crippen molar-refractivity contribution in [2.24, 2.45) is 0 Å². The Morgan fingerprint density at radius 3 is 2.44 bits per heavy atom. The van der Waals surface area contributed by atoms with Crippen LogP contribution >= 0.6 is 11.6 Å². The SMILES string of the molecule is CC.CCn1c(C)cc(=O)c(CNC(C)=O)c1Cl. The number of halogens is 1. The molecule has 4 nitrogen and oxygen atoms in total. The number of amides is 1. The van der Waals surface area contributed by atoms with Crippen LogP contribution in [-0.4, -0.2) is 10.5 Å². The van der Waals surface area contributed by atoms with E-state index >= 15 is 0 Å². The zero-order chi connectivity index (χ0) is 14.3. The van der Waals surface area contributed by atoms with Crippen LogP contribution in [0.15, 0.2) is 10.9 Å². The Hall–Kier alpha value is -1.29. The van der Waals surface area contributed by atoms with Crippen molar-refractivity contribution in [1.82, 2.24) is 9.88 Å². The lowest BCUT2D eigenvalue weighted by molar-refractivity contribution is -0.119. The smallest absolute Gasteiger partial charge is 0.217 e. The van der Waals surface area contributed by atoms with Crippen molar-refractivity contribution in [3.05, 3.63) is 32.7 Å². The number of carbonyl (C=O) groups excluding carboxylic acids is 1. The minimum atomic E-state index is -0.181. The van der Waals surface area contributed by atoms with Crippen molar-refractivity contribution in [2.45, 2.75) is 47.7 Å². The summed E-state index contributed by atoms with van der Waals surface area (Å²) in [5, 5.41) is 2.98. The highest BCUT2D eigenvalue weighted by Crippen LogP contribution is 2.14. The number of nitrogens with one attached hydrogen (secondary N) is 1. The van der Waals surface area contributed by atoms with Crippen molar-refractivity contribution >= 4 is 17.5 Å². The molecular formula is C13H21ClN2O2. The molecule has 1 N–H and O–H groups in total. The van der Waals surface area contributed by atoms with E-state index in [9.17, 15) is 9.59 Å². The standard InChI is InChI=1S/C11H15ClN2O2.C2H6/c1-4-14-7(2)5-10(16)9(11(14)12)6-13-8(3)15;1-2/h5H,4,6H2,1-3H3,(H,13,15);1-2H3. The number of carbonyl (C=O) groups is 1. The lowest BCUT2D eigenvalue weighted by atomic mass is 10.2. The van der Waals surface area contributed by atoms with Crippen LogP contribution in [-0.2, 0) is 17.9 Å². The van der Waals surface area contributed by atoms with Gasteiger partial charge >= 0.3 is 0 Å². The van der Waals surface area contributed by atoms with Gasteiger partial charge in [-0.2, -0.15) is 0 Å². The van der Waals surface area contributed by atoms with Crippen LogP contribution in [0.4, 0.5) is 0 Å². The summed E-state index contributed by atoms with van der Waals surface area (Å²) in [6, 6.07) is 1.53. The van der Waals surface area contributed by atoms with Crippen LogP contribution in [0.2, 0.25) is 5.15 Å². The molecule has 18 heavy (non-hydrogen) atoms. The zero-order valence-corrected chi connectivity index (χ0v) is 12.4. The van der Waals surface area contributed by atoms with Gasteiger partial charge in [0.05, 0.1) is 5.56 Å². The topological polar surface area (TPSA) is 51.1 Å². The largest absolute Gasteiger partial charge is 0.352 e. The van der Waals surface area contributed by atoms with Crippen molar-refractivity contribution in [1.29, 1.82) is 0 Å². The summed E-state index contributed by atoms with van der Waals surface area (Å²) in [6.45, 7) is 10.1. The Labute approximate surface area is 113 Å². The van der Waals surface area contributed by atoms with Crippen molar-refractivity contribution in [2.75, 3.05) is 0 Å². The monoisotopic (exact) mass is 272 g/mol. The number of hydrogen-bond acceptors (Lipinski definition) is 2. The number of pyridine rings is 1. The van der Waals surface area contributed by atoms with E-state index in [1.807, 2.05) is 32.3 Å². The van der Waals surface area contributed by atoms with E-state index in [0.29, 0.717) is 17.3 Å². The van der Waals surface area contributed by atoms with Gasteiger partial charge in [0.1, 0.15) is 5.15 Å². The first-order valence-electron chi connectivity index (χ1n) is 6.10. The van der Waals surface area contributed by atoms with Gasteiger partial charge in [0, 0.05) is 31.8 Å². The fourth-order valence-electron chi connectivity index (χ4n) is 1.54. The Balaban J connectivity index is 0.00000137. The molecule has 0 saturated carbocycles. The molecule has 0 spiro atoms. The molecule has 1 heterocycles. The molecule has 1 rings (SSSR count). The van der Waals surface area contributed by atoms with Crippen LogP contribution in [0.3, 0.4) is 0 Å². The molecular weight excluding hydrogens is 252 g/mol. The van der Waals surface area contributed by atoms with Crippen LogP contribution in [0.5, 0.6) is 0 Å². The van der Waals surface area contributed by atoms with Gasteiger partial charge in [-0.3, -0.25) is 9.59 Å². The summed E-state index contributed by atoms with van der Waals surface area (Å²) in [7, 11) is 0. The second kappa shape index (κ2) is 7.93. The average Bonchev–Trinajstić information content (AvgIpc) is 2.31. The summed E-state index contributed by atoms with van der Waals surface area (Å²) in [5.74, 6) is -0.181. The van der Waals surface area contributed by atoms with Gasteiger partial charge in [-0.25, -0.2) is 0 Å². The number of rotatable bonds is 3. The highest BCUT2D eigenvalue weighted by atomic mass is 35.5. The van der Waals surface area contributed by atoms with Gasteiger partial charge in [0.15, 0.2) is 5.43 Å². The molecule has 0 radical (unpaired) electrons. The van der Waals surface area contributed by atoms with E-state index < -0.39 is 0 Å². The minimum absolute atomic E-state index is 0.138. The van der Waals surface area contributed by atoms with E-state index in [1.54, 1.807) is 0 Å². The van der Waals surface area contributed by atoms with E-state index in [2.05, 4.69) is 5.32 Å². The molecule has 5 heteroatoms. The maximum absolute atomic E-state index is 11.7.